The van der Waals surface area contributed by atoms with Crippen molar-refractivity contribution in [3.05, 3.63) is 35.9 Å². The van der Waals surface area contributed by atoms with Gasteiger partial charge in [0.1, 0.15) is 5.60 Å². The zero-order chi connectivity index (χ0) is 8.44. The monoisotopic (exact) mass is 163 g/mol. The normalized spacial score (nSPS) is 20.1. The summed E-state index contributed by atoms with van der Waals surface area (Å²) in [7, 11) is 1.72. The lowest BCUT2D eigenvalue weighted by atomic mass is 9.92. The first-order valence-corrected chi connectivity index (χ1v) is 3.97. The molecule has 1 aliphatic heterocycles. The molecule has 0 saturated carbocycles. The SMILES string of the molecule is COC1(c2c[c]ccc2)COC1. The highest BCUT2D eigenvalue weighted by molar-refractivity contribution is 5.24. The van der Waals surface area contributed by atoms with E-state index in [1.807, 2.05) is 24.3 Å². The van der Waals surface area contributed by atoms with Gasteiger partial charge in [-0.3, -0.25) is 0 Å². The Morgan fingerprint density at radius 1 is 1.58 bits per heavy atom. The third kappa shape index (κ3) is 1.04. The van der Waals surface area contributed by atoms with E-state index in [-0.39, 0.29) is 5.60 Å². The van der Waals surface area contributed by atoms with Crippen molar-refractivity contribution in [2.24, 2.45) is 0 Å². The molecule has 1 fully saturated rings. The van der Waals surface area contributed by atoms with Crippen LogP contribution in [0.25, 0.3) is 0 Å². The highest BCUT2D eigenvalue weighted by atomic mass is 16.6. The lowest BCUT2D eigenvalue weighted by molar-refractivity contribution is -0.202. The molecule has 0 amide bonds. The lowest BCUT2D eigenvalue weighted by Gasteiger charge is -2.40. The van der Waals surface area contributed by atoms with E-state index < -0.39 is 0 Å². The van der Waals surface area contributed by atoms with Crippen molar-refractivity contribution in [2.45, 2.75) is 5.60 Å². The van der Waals surface area contributed by atoms with Gasteiger partial charge in [-0.25, -0.2) is 0 Å². The zero-order valence-corrected chi connectivity index (χ0v) is 7.04. The molecule has 1 aromatic carbocycles. The van der Waals surface area contributed by atoms with Crippen LogP contribution in [0.1, 0.15) is 5.56 Å². The molecule has 1 saturated heterocycles. The molecule has 0 spiro atoms. The third-order valence-electron chi connectivity index (χ3n) is 2.29. The first kappa shape index (κ1) is 7.77. The molecule has 2 nitrogen and oxygen atoms in total. The molecule has 12 heavy (non-hydrogen) atoms. The molecule has 1 heterocycles. The molecule has 1 aromatic rings. The summed E-state index contributed by atoms with van der Waals surface area (Å²) in [4.78, 5) is 0. The second kappa shape index (κ2) is 2.88. The van der Waals surface area contributed by atoms with Crippen molar-refractivity contribution in [3.8, 4) is 0 Å². The molecule has 0 bridgehead atoms. The lowest BCUT2D eigenvalue weighted by Crippen LogP contribution is -2.48. The van der Waals surface area contributed by atoms with E-state index in [2.05, 4.69) is 6.07 Å². The summed E-state index contributed by atoms with van der Waals surface area (Å²) >= 11 is 0. The Labute approximate surface area is 72.1 Å². The van der Waals surface area contributed by atoms with E-state index >= 15 is 0 Å². The van der Waals surface area contributed by atoms with E-state index in [0.717, 1.165) is 5.56 Å². The summed E-state index contributed by atoms with van der Waals surface area (Å²) in [5, 5.41) is 0. The Morgan fingerprint density at radius 3 is 2.83 bits per heavy atom. The van der Waals surface area contributed by atoms with Gasteiger partial charge in [0.05, 0.1) is 13.2 Å². The fraction of sp³-hybridized carbons (Fsp3) is 0.400. The van der Waals surface area contributed by atoms with E-state index in [1.165, 1.54) is 0 Å². The van der Waals surface area contributed by atoms with Crippen molar-refractivity contribution in [3.63, 3.8) is 0 Å². The molecule has 0 aromatic heterocycles. The van der Waals surface area contributed by atoms with Gasteiger partial charge in [0.2, 0.25) is 0 Å². The van der Waals surface area contributed by atoms with E-state index in [9.17, 15) is 0 Å². The quantitative estimate of drug-likeness (QED) is 0.655. The van der Waals surface area contributed by atoms with E-state index in [0.29, 0.717) is 13.2 Å². The topological polar surface area (TPSA) is 18.5 Å². The largest absolute Gasteiger partial charge is 0.375 e. The van der Waals surface area contributed by atoms with Crippen molar-refractivity contribution in [1.29, 1.82) is 0 Å². The molecule has 63 valence electrons. The molecule has 2 heteroatoms. The van der Waals surface area contributed by atoms with E-state index in [1.54, 1.807) is 7.11 Å². The van der Waals surface area contributed by atoms with Crippen molar-refractivity contribution in [2.75, 3.05) is 20.3 Å². The maximum atomic E-state index is 5.41. The van der Waals surface area contributed by atoms with Gasteiger partial charge in [-0.05, 0) is 17.7 Å². The zero-order valence-electron chi connectivity index (χ0n) is 7.04. The summed E-state index contributed by atoms with van der Waals surface area (Å²) in [6, 6.07) is 10.9. The van der Waals surface area contributed by atoms with Crippen LogP contribution in [0.2, 0.25) is 0 Å². The fourth-order valence-electron chi connectivity index (χ4n) is 1.37. The van der Waals surface area contributed by atoms with Gasteiger partial charge in [0, 0.05) is 7.11 Å². The highest BCUT2D eigenvalue weighted by Gasteiger charge is 2.40. The predicted octanol–water partition coefficient (Wildman–Crippen LogP) is 1.36. The molecular weight excluding hydrogens is 152 g/mol. The summed E-state index contributed by atoms with van der Waals surface area (Å²) in [5.74, 6) is 0. The number of hydrogen-bond donors (Lipinski definition) is 0. The summed E-state index contributed by atoms with van der Waals surface area (Å²) in [6.45, 7) is 1.31. The van der Waals surface area contributed by atoms with Crippen LogP contribution in [0.5, 0.6) is 0 Å². The Balaban J connectivity index is 2.28. The number of rotatable bonds is 2. The van der Waals surface area contributed by atoms with Crippen LogP contribution in [0.3, 0.4) is 0 Å². The minimum Gasteiger partial charge on any atom is -0.375 e. The molecule has 2 rings (SSSR count). The fourth-order valence-corrected chi connectivity index (χ4v) is 1.37. The number of ether oxygens (including phenoxy) is 2. The van der Waals surface area contributed by atoms with Crippen LogP contribution in [-0.2, 0) is 15.1 Å². The third-order valence-corrected chi connectivity index (χ3v) is 2.29. The Kier molecular flexibility index (Phi) is 1.87. The number of benzene rings is 1. The first-order chi connectivity index (χ1) is 5.87. The minimum atomic E-state index is -0.197. The van der Waals surface area contributed by atoms with Crippen molar-refractivity contribution in [1.82, 2.24) is 0 Å². The van der Waals surface area contributed by atoms with Crippen LogP contribution < -0.4 is 0 Å². The van der Waals surface area contributed by atoms with Crippen LogP contribution in [0, 0.1) is 6.07 Å². The maximum Gasteiger partial charge on any atom is 0.139 e. The Hall–Kier alpha value is -0.860. The standard InChI is InChI=1S/C10H11O2/c1-11-10(7-12-8-10)9-5-3-2-4-6-9/h2-3,5-6H,7-8H2,1H3. The summed E-state index contributed by atoms with van der Waals surface area (Å²) in [6.07, 6.45) is 0. The van der Waals surface area contributed by atoms with Crippen LogP contribution in [0.15, 0.2) is 24.3 Å². The Morgan fingerprint density at radius 2 is 2.42 bits per heavy atom. The van der Waals surface area contributed by atoms with Gasteiger partial charge in [-0.2, -0.15) is 0 Å². The molecule has 0 N–H and O–H groups in total. The van der Waals surface area contributed by atoms with Gasteiger partial charge in [0.15, 0.2) is 0 Å². The maximum absolute atomic E-state index is 5.41. The molecule has 0 atom stereocenters. The summed E-state index contributed by atoms with van der Waals surface area (Å²) < 4.78 is 10.6. The van der Waals surface area contributed by atoms with Crippen LogP contribution >= 0.6 is 0 Å². The first-order valence-electron chi connectivity index (χ1n) is 3.97. The van der Waals surface area contributed by atoms with Gasteiger partial charge in [0.25, 0.3) is 0 Å². The van der Waals surface area contributed by atoms with Gasteiger partial charge < -0.3 is 9.47 Å². The Bertz CT molecular complexity index is 246. The van der Waals surface area contributed by atoms with Gasteiger partial charge in [-0.1, -0.05) is 18.2 Å². The van der Waals surface area contributed by atoms with Gasteiger partial charge in [-0.15, -0.1) is 0 Å². The summed E-state index contributed by atoms with van der Waals surface area (Å²) in [5.41, 5.74) is 0.955. The number of hydrogen-bond acceptors (Lipinski definition) is 2. The highest BCUT2D eigenvalue weighted by Crippen LogP contribution is 2.32. The molecular formula is C10H11O2. The number of methoxy groups -OCH3 is 1. The molecule has 1 radical (unpaired) electrons. The average Bonchev–Trinajstić information content (AvgIpc) is 2.05. The van der Waals surface area contributed by atoms with Crippen molar-refractivity contribution < 1.29 is 9.47 Å². The predicted molar refractivity (Wildman–Crippen MR) is 44.8 cm³/mol. The second-order valence-electron chi connectivity index (χ2n) is 2.98. The van der Waals surface area contributed by atoms with Crippen LogP contribution in [-0.4, -0.2) is 20.3 Å². The molecule has 0 unspecified atom stereocenters. The van der Waals surface area contributed by atoms with E-state index in [4.69, 9.17) is 9.47 Å². The molecule has 1 aliphatic rings. The smallest absolute Gasteiger partial charge is 0.139 e. The average molecular weight is 163 g/mol. The van der Waals surface area contributed by atoms with Crippen LogP contribution in [0.4, 0.5) is 0 Å². The van der Waals surface area contributed by atoms with Gasteiger partial charge >= 0.3 is 0 Å². The minimum absolute atomic E-state index is 0.197. The van der Waals surface area contributed by atoms with Crippen molar-refractivity contribution >= 4 is 0 Å². The second-order valence-corrected chi connectivity index (χ2v) is 2.98. The molecule has 0 aliphatic carbocycles.